The van der Waals surface area contributed by atoms with E-state index in [1.54, 1.807) is 0 Å². The molecule has 0 spiro atoms. The minimum Gasteiger partial charge on any atom is -0.294 e. The number of nitrogens with zero attached hydrogens (tertiary/aromatic N) is 2. The molecule has 0 aliphatic carbocycles. The first kappa shape index (κ1) is 15.6. The second-order valence-electron chi connectivity index (χ2n) is 4.65. The fourth-order valence-electron chi connectivity index (χ4n) is 2.25. The topological polar surface area (TPSA) is 17.8 Å². The highest BCUT2D eigenvalue weighted by Crippen LogP contribution is 2.32. The van der Waals surface area contributed by atoms with Gasteiger partial charge in [-0.25, -0.2) is 4.98 Å². The van der Waals surface area contributed by atoms with Gasteiger partial charge in [-0.1, -0.05) is 27.5 Å². The summed E-state index contributed by atoms with van der Waals surface area (Å²) < 4.78 is 4.16. The molecule has 0 fully saturated rings. The van der Waals surface area contributed by atoms with Crippen LogP contribution in [0.5, 0.6) is 0 Å². The minimum atomic E-state index is -0.192. The van der Waals surface area contributed by atoms with E-state index in [9.17, 15) is 0 Å². The van der Waals surface area contributed by atoms with Gasteiger partial charge in [-0.3, -0.25) is 4.57 Å². The van der Waals surface area contributed by atoms with E-state index in [0.29, 0.717) is 5.02 Å². The lowest BCUT2D eigenvalue weighted by atomic mass is 10.2. The zero-order valence-electron chi connectivity index (χ0n) is 10.9. The van der Waals surface area contributed by atoms with E-state index in [-0.39, 0.29) is 5.38 Å². The third-order valence-electron chi connectivity index (χ3n) is 3.15. The van der Waals surface area contributed by atoms with Crippen molar-refractivity contribution in [3.63, 3.8) is 0 Å². The predicted molar refractivity (Wildman–Crippen MR) is 101 cm³/mol. The van der Waals surface area contributed by atoms with E-state index in [4.69, 9.17) is 23.2 Å². The van der Waals surface area contributed by atoms with Gasteiger partial charge in [0.05, 0.1) is 22.1 Å². The average Bonchev–Trinajstić information content (AvgIpc) is 2.77. The van der Waals surface area contributed by atoms with Gasteiger partial charge in [0.15, 0.2) is 0 Å². The van der Waals surface area contributed by atoms with Crippen LogP contribution in [0.25, 0.3) is 16.7 Å². The summed E-state index contributed by atoms with van der Waals surface area (Å²) in [5.74, 6) is 0.824. The van der Waals surface area contributed by atoms with E-state index in [0.717, 1.165) is 30.6 Å². The third-order valence-corrected chi connectivity index (χ3v) is 4.94. The molecule has 0 saturated heterocycles. The maximum absolute atomic E-state index is 6.33. The number of benzene rings is 2. The third kappa shape index (κ3) is 2.96. The van der Waals surface area contributed by atoms with E-state index in [1.165, 1.54) is 0 Å². The van der Waals surface area contributed by atoms with Gasteiger partial charge in [0.1, 0.15) is 5.82 Å². The number of rotatable bonds is 2. The molecule has 1 atom stereocenters. The lowest BCUT2D eigenvalue weighted by Gasteiger charge is -2.13. The van der Waals surface area contributed by atoms with Crippen molar-refractivity contribution in [1.82, 2.24) is 9.55 Å². The van der Waals surface area contributed by atoms with Crippen LogP contribution in [-0.4, -0.2) is 9.55 Å². The number of aromatic nitrogens is 2. The Morgan fingerprint density at radius 3 is 2.67 bits per heavy atom. The fourth-order valence-corrected chi connectivity index (χ4v) is 3.86. The highest BCUT2D eigenvalue weighted by Gasteiger charge is 2.18. The molecular weight excluding hydrogens is 486 g/mol. The van der Waals surface area contributed by atoms with Crippen molar-refractivity contribution in [1.29, 1.82) is 0 Å². The van der Waals surface area contributed by atoms with E-state index < -0.39 is 0 Å². The van der Waals surface area contributed by atoms with Crippen molar-refractivity contribution in [2.45, 2.75) is 12.3 Å². The molecule has 0 aliphatic heterocycles. The van der Waals surface area contributed by atoms with Crippen LogP contribution in [0.1, 0.15) is 18.1 Å². The Morgan fingerprint density at radius 1 is 1.24 bits per heavy atom. The van der Waals surface area contributed by atoms with Crippen molar-refractivity contribution in [2.24, 2.45) is 0 Å². The van der Waals surface area contributed by atoms with Crippen molar-refractivity contribution < 1.29 is 0 Å². The Bertz CT molecular complexity index is 830. The molecule has 0 amide bonds. The molecule has 0 saturated carbocycles. The van der Waals surface area contributed by atoms with Crippen LogP contribution in [-0.2, 0) is 0 Å². The Hall–Kier alpha value is -0.300. The van der Waals surface area contributed by atoms with E-state index in [1.807, 2.05) is 37.3 Å². The number of halogens is 4. The molecule has 1 aromatic heterocycles. The molecule has 2 aromatic carbocycles. The SMILES string of the molecule is CC(Cl)c1nc2ccc(Br)cc2n1-c1ccc(Cl)cc1I. The smallest absolute Gasteiger partial charge is 0.132 e. The van der Waals surface area contributed by atoms with Gasteiger partial charge in [0.2, 0.25) is 0 Å². The molecule has 6 heteroatoms. The summed E-state index contributed by atoms with van der Waals surface area (Å²) in [4.78, 5) is 4.67. The van der Waals surface area contributed by atoms with Gasteiger partial charge in [0.25, 0.3) is 0 Å². The Kier molecular flexibility index (Phi) is 4.50. The van der Waals surface area contributed by atoms with Crippen LogP contribution in [0.2, 0.25) is 5.02 Å². The maximum Gasteiger partial charge on any atom is 0.132 e. The monoisotopic (exact) mass is 494 g/mol. The molecule has 108 valence electrons. The van der Waals surface area contributed by atoms with Gasteiger partial charge in [0, 0.05) is 13.1 Å². The molecule has 3 aromatic rings. The van der Waals surface area contributed by atoms with Gasteiger partial charge in [-0.05, 0) is 65.9 Å². The van der Waals surface area contributed by atoms with Crippen LogP contribution in [0.4, 0.5) is 0 Å². The molecule has 0 bridgehead atoms. The van der Waals surface area contributed by atoms with Gasteiger partial charge >= 0.3 is 0 Å². The van der Waals surface area contributed by atoms with Gasteiger partial charge in [-0.15, -0.1) is 11.6 Å². The highest BCUT2D eigenvalue weighted by molar-refractivity contribution is 14.1. The van der Waals surface area contributed by atoms with Crippen molar-refractivity contribution in [3.05, 3.63) is 55.3 Å². The molecule has 0 N–H and O–H groups in total. The predicted octanol–water partition coefficient (Wildman–Crippen LogP) is 6.35. The minimum absolute atomic E-state index is 0.192. The molecule has 0 aliphatic rings. The molecule has 0 radical (unpaired) electrons. The van der Waals surface area contributed by atoms with Crippen LogP contribution in [0.15, 0.2) is 40.9 Å². The lowest BCUT2D eigenvalue weighted by molar-refractivity contribution is 0.880. The first-order valence-corrected chi connectivity index (χ1v) is 8.93. The zero-order chi connectivity index (χ0) is 15.1. The number of hydrogen-bond acceptors (Lipinski definition) is 1. The van der Waals surface area contributed by atoms with Gasteiger partial charge < -0.3 is 0 Å². The summed E-state index contributed by atoms with van der Waals surface area (Å²) in [6.45, 7) is 1.93. The fraction of sp³-hybridized carbons (Fsp3) is 0.133. The molecule has 21 heavy (non-hydrogen) atoms. The number of alkyl halides is 1. The Balaban J connectivity index is 2.38. The van der Waals surface area contributed by atoms with Crippen LogP contribution in [0, 0.1) is 3.57 Å². The summed E-state index contributed by atoms with van der Waals surface area (Å²) in [6, 6.07) is 11.8. The summed E-state index contributed by atoms with van der Waals surface area (Å²) in [6.07, 6.45) is 0. The van der Waals surface area contributed by atoms with Gasteiger partial charge in [-0.2, -0.15) is 0 Å². The second-order valence-corrected chi connectivity index (χ2v) is 7.82. The number of fused-ring (bicyclic) bond motifs is 1. The summed E-state index contributed by atoms with van der Waals surface area (Å²) >= 11 is 18.2. The lowest BCUT2D eigenvalue weighted by Crippen LogP contribution is -2.03. The van der Waals surface area contributed by atoms with E-state index in [2.05, 4.69) is 54.1 Å². The first-order valence-electron chi connectivity index (χ1n) is 6.25. The second kappa shape index (κ2) is 6.07. The standard InChI is InChI=1S/C15H10BrCl2IN2/c1-8(17)15-20-12-4-2-9(16)6-14(12)21(15)13-5-3-10(18)7-11(13)19/h2-8H,1H3. The van der Waals surface area contributed by atoms with Crippen molar-refractivity contribution >= 4 is 72.8 Å². The zero-order valence-corrected chi connectivity index (χ0v) is 16.2. The van der Waals surface area contributed by atoms with Crippen molar-refractivity contribution in [2.75, 3.05) is 0 Å². The maximum atomic E-state index is 6.33. The van der Waals surface area contributed by atoms with Crippen LogP contribution in [0.3, 0.4) is 0 Å². The molecule has 1 heterocycles. The number of imidazole rings is 1. The highest BCUT2D eigenvalue weighted by atomic mass is 127. The van der Waals surface area contributed by atoms with Crippen LogP contribution >= 0.6 is 61.7 Å². The summed E-state index contributed by atoms with van der Waals surface area (Å²) in [5.41, 5.74) is 2.97. The average molecular weight is 496 g/mol. The number of hydrogen-bond donors (Lipinski definition) is 0. The molecule has 3 rings (SSSR count). The van der Waals surface area contributed by atoms with Crippen LogP contribution < -0.4 is 0 Å². The quantitative estimate of drug-likeness (QED) is 0.299. The van der Waals surface area contributed by atoms with Crippen molar-refractivity contribution in [3.8, 4) is 5.69 Å². The molecule has 1 unspecified atom stereocenters. The Labute approximate surface area is 154 Å². The summed E-state index contributed by atoms with van der Waals surface area (Å²) in [5, 5.41) is 0.525. The Morgan fingerprint density at radius 2 is 2.00 bits per heavy atom. The summed E-state index contributed by atoms with van der Waals surface area (Å²) in [7, 11) is 0. The molecule has 2 nitrogen and oxygen atoms in total. The largest absolute Gasteiger partial charge is 0.294 e. The molecular formula is C15H10BrCl2IN2. The normalized spacial score (nSPS) is 12.8. The first-order chi connectivity index (χ1) is 9.97. The van der Waals surface area contributed by atoms with E-state index >= 15 is 0 Å².